The average molecular weight is 486 g/mol. The summed E-state index contributed by atoms with van der Waals surface area (Å²) >= 11 is 0. The van der Waals surface area contributed by atoms with Gasteiger partial charge in [0, 0.05) is 35.6 Å². The number of rotatable bonds is 4. The van der Waals surface area contributed by atoms with Gasteiger partial charge in [-0.2, -0.15) is 0 Å². The molecule has 0 spiro atoms. The van der Waals surface area contributed by atoms with E-state index in [0.717, 1.165) is 31.6 Å². The Hall–Kier alpha value is -4.33. The second kappa shape index (κ2) is 8.71. The summed E-state index contributed by atoms with van der Waals surface area (Å²) in [6.07, 6.45) is 2.26. The van der Waals surface area contributed by atoms with Gasteiger partial charge in [-0.1, -0.05) is 18.2 Å². The van der Waals surface area contributed by atoms with E-state index in [9.17, 15) is 14.7 Å². The predicted octanol–water partition coefficient (Wildman–Crippen LogP) is 4.78. The highest BCUT2D eigenvalue weighted by Gasteiger charge is 2.48. The number of aliphatic hydroxyl groups excluding tert-OH is 1. The third kappa shape index (κ3) is 3.57. The molecule has 3 aromatic rings. The van der Waals surface area contributed by atoms with Crippen LogP contribution in [0.3, 0.4) is 0 Å². The average Bonchev–Trinajstić information content (AvgIpc) is 3.65. The highest BCUT2D eigenvalue weighted by molar-refractivity contribution is 6.51. The number of halogens is 1. The van der Waals surface area contributed by atoms with E-state index in [0.29, 0.717) is 17.2 Å². The maximum Gasteiger partial charge on any atom is 0.300 e. The van der Waals surface area contributed by atoms with Crippen LogP contribution in [-0.2, 0) is 9.59 Å². The number of anilines is 2. The lowest BCUT2D eigenvalue weighted by Crippen LogP contribution is -2.30. The van der Waals surface area contributed by atoms with Crippen molar-refractivity contribution in [3.63, 3.8) is 0 Å². The first-order valence-corrected chi connectivity index (χ1v) is 11.8. The number of ketones is 1. The van der Waals surface area contributed by atoms with Crippen LogP contribution in [0.15, 0.2) is 72.3 Å². The Morgan fingerprint density at radius 2 is 1.58 bits per heavy atom. The summed E-state index contributed by atoms with van der Waals surface area (Å²) in [5.41, 5.74) is 1.66. The number of hydrogen-bond donors (Lipinski definition) is 1. The van der Waals surface area contributed by atoms with E-state index in [4.69, 9.17) is 9.47 Å². The van der Waals surface area contributed by atoms with Crippen molar-refractivity contribution < 1.29 is 28.6 Å². The predicted molar refractivity (Wildman–Crippen MR) is 132 cm³/mol. The van der Waals surface area contributed by atoms with Crippen molar-refractivity contribution in [2.45, 2.75) is 18.9 Å². The monoisotopic (exact) mass is 486 g/mol. The maximum absolute atomic E-state index is 15.1. The molecule has 0 bridgehead atoms. The lowest BCUT2D eigenvalue weighted by molar-refractivity contribution is -0.132. The summed E-state index contributed by atoms with van der Waals surface area (Å²) in [6.45, 7) is 1.98. The fraction of sp³-hybridized carbons (Fsp3) is 0.214. The molecule has 36 heavy (non-hydrogen) atoms. The van der Waals surface area contributed by atoms with Gasteiger partial charge < -0.3 is 19.5 Å². The Labute approximate surface area is 207 Å². The molecule has 0 aromatic heterocycles. The Kier molecular flexibility index (Phi) is 5.36. The van der Waals surface area contributed by atoms with E-state index in [1.54, 1.807) is 30.3 Å². The van der Waals surface area contributed by atoms with Gasteiger partial charge in [0.25, 0.3) is 11.7 Å². The van der Waals surface area contributed by atoms with E-state index in [1.165, 1.54) is 29.2 Å². The van der Waals surface area contributed by atoms with E-state index >= 15 is 4.39 Å². The molecule has 1 N–H and O–H groups in total. The van der Waals surface area contributed by atoms with Gasteiger partial charge in [0.15, 0.2) is 11.5 Å². The maximum atomic E-state index is 15.1. The molecule has 3 heterocycles. The number of carbonyl (C=O) groups is 2. The third-order valence-electron chi connectivity index (χ3n) is 6.89. The lowest BCUT2D eigenvalue weighted by atomic mass is 9.94. The van der Waals surface area contributed by atoms with Gasteiger partial charge in [0.1, 0.15) is 11.6 Å². The van der Waals surface area contributed by atoms with E-state index in [-0.39, 0.29) is 23.5 Å². The van der Waals surface area contributed by atoms with Crippen molar-refractivity contribution in [3.8, 4) is 11.5 Å². The molecular weight excluding hydrogens is 463 g/mol. The number of carbonyl (C=O) groups excluding carboxylic acids is 2. The standard InChI is InChI=1S/C28H23FN2O5/c29-21-6-2-1-5-20(21)25-24(26(32)17-7-12-22-23(15-17)36-16-35-22)27(33)28(34)31(25)19-10-8-18(9-11-19)30-13-3-4-14-30/h1-2,5-12,15,25,32H,3-4,13-14,16H2/b26-24+. The molecule has 0 radical (unpaired) electrons. The van der Waals surface area contributed by atoms with Gasteiger partial charge in [-0.3, -0.25) is 14.5 Å². The Balaban J connectivity index is 1.48. The largest absolute Gasteiger partial charge is 0.507 e. The zero-order chi connectivity index (χ0) is 24.8. The normalized spacial score (nSPS) is 20.4. The van der Waals surface area contributed by atoms with Gasteiger partial charge in [-0.15, -0.1) is 0 Å². The van der Waals surface area contributed by atoms with Crippen molar-refractivity contribution in [3.05, 3.63) is 89.2 Å². The molecule has 1 amide bonds. The first-order valence-electron chi connectivity index (χ1n) is 11.8. The van der Waals surface area contributed by atoms with Crippen LogP contribution >= 0.6 is 0 Å². The molecule has 0 aliphatic carbocycles. The van der Waals surface area contributed by atoms with Gasteiger partial charge in [-0.25, -0.2) is 4.39 Å². The van der Waals surface area contributed by atoms with Crippen LogP contribution in [-0.4, -0.2) is 36.7 Å². The number of aliphatic hydroxyl groups is 1. The number of benzene rings is 3. The molecular formula is C28H23FN2O5. The zero-order valence-corrected chi connectivity index (χ0v) is 19.3. The molecule has 3 aromatic carbocycles. The van der Waals surface area contributed by atoms with E-state index in [2.05, 4.69) is 4.90 Å². The molecule has 3 aliphatic heterocycles. The molecule has 6 rings (SSSR count). The summed E-state index contributed by atoms with van der Waals surface area (Å²) in [5, 5.41) is 11.3. The summed E-state index contributed by atoms with van der Waals surface area (Å²) < 4.78 is 25.8. The smallest absolute Gasteiger partial charge is 0.300 e. The Morgan fingerprint density at radius 1 is 0.889 bits per heavy atom. The minimum Gasteiger partial charge on any atom is -0.507 e. The molecule has 182 valence electrons. The third-order valence-corrected chi connectivity index (χ3v) is 6.89. The molecule has 7 nitrogen and oxygen atoms in total. The van der Waals surface area contributed by atoms with Crippen LogP contribution in [0.4, 0.5) is 15.8 Å². The molecule has 2 fully saturated rings. The topological polar surface area (TPSA) is 79.3 Å². The SMILES string of the molecule is O=C1C(=O)N(c2ccc(N3CCCC3)cc2)C(c2ccccc2F)/C1=C(\O)c1ccc2c(c1)OCO2. The number of Topliss-reactive ketones (excluding diaryl/α,β-unsaturated/α-hetero) is 1. The second-order valence-corrected chi connectivity index (χ2v) is 8.97. The zero-order valence-electron chi connectivity index (χ0n) is 19.3. The lowest BCUT2D eigenvalue weighted by Gasteiger charge is -2.26. The van der Waals surface area contributed by atoms with Crippen LogP contribution in [0.25, 0.3) is 5.76 Å². The molecule has 0 saturated carbocycles. The van der Waals surface area contributed by atoms with E-state index in [1.807, 2.05) is 12.1 Å². The second-order valence-electron chi connectivity index (χ2n) is 8.97. The van der Waals surface area contributed by atoms with Crippen LogP contribution in [0.2, 0.25) is 0 Å². The molecule has 1 unspecified atom stereocenters. The highest BCUT2D eigenvalue weighted by Crippen LogP contribution is 2.44. The summed E-state index contributed by atoms with van der Waals surface area (Å²) in [4.78, 5) is 30.2. The molecule has 1 atom stereocenters. The van der Waals surface area contributed by atoms with Crippen molar-refractivity contribution in [2.24, 2.45) is 0 Å². The minimum absolute atomic E-state index is 0.0482. The van der Waals surface area contributed by atoms with Crippen LogP contribution in [0.5, 0.6) is 11.5 Å². The van der Waals surface area contributed by atoms with Gasteiger partial charge >= 0.3 is 0 Å². The van der Waals surface area contributed by atoms with Crippen molar-refractivity contribution in [2.75, 3.05) is 29.7 Å². The van der Waals surface area contributed by atoms with Gasteiger partial charge in [0.2, 0.25) is 6.79 Å². The number of amides is 1. The number of nitrogens with zero attached hydrogens (tertiary/aromatic N) is 2. The van der Waals surface area contributed by atoms with Crippen molar-refractivity contribution in [1.82, 2.24) is 0 Å². The first kappa shape index (κ1) is 22.2. The molecule has 3 aliphatic rings. The fourth-order valence-electron chi connectivity index (χ4n) is 5.09. The first-order chi connectivity index (χ1) is 17.5. The van der Waals surface area contributed by atoms with Crippen LogP contribution in [0.1, 0.15) is 30.0 Å². The number of hydrogen-bond acceptors (Lipinski definition) is 6. The Bertz CT molecular complexity index is 1400. The highest BCUT2D eigenvalue weighted by atomic mass is 19.1. The summed E-state index contributed by atoms with van der Waals surface area (Å²) in [5.74, 6) is -1.79. The van der Waals surface area contributed by atoms with E-state index < -0.39 is 29.3 Å². The molecule has 2 saturated heterocycles. The Morgan fingerprint density at radius 3 is 2.33 bits per heavy atom. The van der Waals surface area contributed by atoms with Crippen molar-refractivity contribution >= 4 is 28.8 Å². The summed E-state index contributed by atoms with van der Waals surface area (Å²) in [6, 6.07) is 16.8. The van der Waals surface area contributed by atoms with Crippen molar-refractivity contribution in [1.29, 1.82) is 0 Å². The minimum atomic E-state index is -1.14. The van der Waals surface area contributed by atoms with Gasteiger partial charge in [-0.05, 0) is 61.4 Å². The fourth-order valence-corrected chi connectivity index (χ4v) is 5.09. The molecule has 8 heteroatoms. The number of ether oxygens (including phenoxy) is 2. The quantitative estimate of drug-likeness (QED) is 0.325. The van der Waals surface area contributed by atoms with Crippen LogP contribution in [0, 0.1) is 5.82 Å². The van der Waals surface area contributed by atoms with Gasteiger partial charge in [0.05, 0.1) is 11.6 Å². The van der Waals surface area contributed by atoms with Crippen LogP contribution < -0.4 is 19.3 Å². The number of fused-ring (bicyclic) bond motifs is 1. The summed E-state index contributed by atoms with van der Waals surface area (Å²) in [7, 11) is 0.